The van der Waals surface area contributed by atoms with Gasteiger partial charge in [0, 0.05) is 12.6 Å². The van der Waals surface area contributed by atoms with Crippen LogP contribution in [0.3, 0.4) is 0 Å². The molecule has 106 valence electrons. The van der Waals surface area contributed by atoms with E-state index in [0.717, 1.165) is 18.5 Å². The van der Waals surface area contributed by atoms with E-state index in [1.54, 1.807) is 0 Å². The summed E-state index contributed by atoms with van der Waals surface area (Å²) < 4.78 is 0. The Balaban J connectivity index is 1.76. The number of hydrogen-bond donors (Lipinski definition) is 1. The summed E-state index contributed by atoms with van der Waals surface area (Å²) in [7, 11) is 0. The van der Waals surface area contributed by atoms with E-state index in [0.29, 0.717) is 6.04 Å². The van der Waals surface area contributed by atoms with Crippen LogP contribution in [-0.4, -0.2) is 30.6 Å². The van der Waals surface area contributed by atoms with Gasteiger partial charge in [-0.3, -0.25) is 5.32 Å². The fraction of sp³-hybridized carbons (Fsp3) is 0.588. The summed E-state index contributed by atoms with van der Waals surface area (Å²) in [5, 5.41) is 13.5. The summed E-state index contributed by atoms with van der Waals surface area (Å²) in [5.74, 6) is 0. The average Bonchev–Trinajstić information content (AvgIpc) is 3.16. The molecule has 1 aliphatic carbocycles. The minimum atomic E-state index is -0.509. The lowest BCUT2D eigenvalue weighted by Crippen LogP contribution is -2.44. The Bertz CT molecular complexity index is 469. The summed E-state index contributed by atoms with van der Waals surface area (Å²) in [6.45, 7) is 3.40. The van der Waals surface area contributed by atoms with E-state index in [2.05, 4.69) is 28.4 Å². The molecule has 0 radical (unpaired) electrons. The van der Waals surface area contributed by atoms with Crippen molar-refractivity contribution in [2.45, 2.75) is 43.7 Å². The first-order valence-electron chi connectivity index (χ1n) is 7.79. The van der Waals surface area contributed by atoms with Gasteiger partial charge in [-0.1, -0.05) is 30.3 Å². The molecule has 1 aromatic carbocycles. The van der Waals surface area contributed by atoms with Crippen molar-refractivity contribution in [1.29, 1.82) is 5.26 Å². The number of hydrogen-bond acceptors (Lipinski definition) is 3. The maximum atomic E-state index is 9.85. The smallest absolute Gasteiger partial charge is 0.133 e. The number of likely N-dealkylation sites (tertiary alicyclic amines) is 1. The van der Waals surface area contributed by atoms with E-state index < -0.39 is 5.54 Å². The molecule has 1 saturated carbocycles. The van der Waals surface area contributed by atoms with Gasteiger partial charge in [0.2, 0.25) is 0 Å². The molecule has 1 aromatic rings. The van der Waals surface area contributed by atoms with Gasteiger partial charge >= 0.3 is 0 Å². The molecule has 3 nitrogen and oxygen atoms in total. The summed E-state index contributed by atoms with van der Waals surface area (Å²) >= 11 is 0. The second-order valence-electron chi connectivity index (χ2n) is 6.10. The van der Waals surface area contributed by atoms with Crippen molar-refractivity contribution in [1.82, 2.24) is 10.2 Å². The molecule has 3 rings (SSSR count). The van der Waals surface area contributed by atoms with Crippen molar-refractivity contribution in [2.75, 3.05) is 19.6 Å². The molecule has 1 unspecified atom stereocenters. The molecule has 2 aliphatic rings. The quantitative estimate of drug-likeness (QED) is 0.863. The minimum Gasteiger partial charge on any atom is -0.303 e. The average molecular weight is 269 g/mol. The standard InChI is InChI=1S/C17H23N3/c18-14-17(19-16-8-9-16,15-6-2-1-3-7-15)10-13-20-11-4-5-12-20/h1-3,6-7,16,19H,4-5,8-13H2. The number of nitrogens with zero attached hydrogens (tertiary/aromatic N) is 2. The van der Waals surface area contributed by atoms with E-state index in [1.165, 1.54) is 38.8 Å². The van der Waals surface area contributed by atoms with Crippen molar-refractivity contribution in [2.24, 2.45) is 0 Å². The molecule has 1 N–H and O–H groups in total. The molecule has 1 heterocycles. The first-order valence-corrected chi connectivity index (χ1v) is 7.79. The van der Waals surface area contributed by atoms with Crippen LogP contribution in [0, 0.1) is 11.3 Å². The van der Waals surface area contributed by atoms with Crippen LogP contribution >= 0.6 is 0 Å². The van der Waals surface area contributed by atoms with E-state index in [-0.39, 0.29) is 0 Å². The number of rotatable bonds is 6. The summed E-state index contributed by atoms with van der Waals surface area (Å²) in [6.07, 6.45) is 5.91. The molecule has 1 atom stereocenters. The van der Waals surface area contributed by atoms with Crippen molar-refractivity contribution in [3.05, 3.63) is 35.9 Å². The second kappa shape index (κ2) is 5.95. The third-order valence-corrected chi connectivity index (χ3v) is 4.49. The van der Waals surface area contributed by atoms with Crippen LogP contribution in [-0.2, 0) is 5.54 Å². The van der Waals surface area contributed by atoms with Crippen LogP contribution in [0.4, 0.5) is 0 Å². The highest BCUT2D eigenvalue weighted by atomic mass is 15.1. The lowest BCUT2D eigenvalue weighted by molar-refractivity contribution is 0.280. The number of nitrogens with one attached hydrogen (secondary N) is 1. The zero-order valence-electron chi connectivity index (χ0n) is 12.0. The Morgan fingerprint density at radius 1 is 1.20 bits per heavy atom. The Hall–Kier alpha value is -1.37. The number of benzene rings is 1. The normalized spacial score (nSPS) is 22.4. The highest BCUT2D eigenvalue weighted by Crippen LogP contribution is 2.31. The maximum Gasteiger partial charge on any atom is 0.133 e. The topological polar surface area (TPSA) is 39.1 Å². The molecule has 0 aromatic heterocycles. The molecule has 2 fully saturated rings. The fourth-order valence-electron chi connectivity index (χ4n) is 3.08. The fourth-order valence-corrected chi connectivity index (χ4v) is 3.08. The summed E-state index contributed by atoms with van der Waals surface area (Å²) in [6, 6.07) is 13.4. The van der Waals surface area contributed by atoms with Gasteiger partial charge in [-0.05, 0) is 50.8 Å². The van der Waals surface area contributed by atoms with Crippen LogP contribution < -0.4 is 5.32 Å². The molecular formula is C17H23N3. The van der Waals surface area contributed by atoms with Gasteiger partial charge < -0.3 is 4.90 Å². The second-order valence-corrected chi connectivity index (χ2v) is 6.10. The van der Waals surface area contributed by atoms with E-state index >= 15 is 0 Å². The van der Waals surface area contributed by atoms with Gasteiger partial charge in [-0.15, -0.1) is 0 Å². The Kier molecular flexibility index (Phi) is 4.05. The van der Waals surface area contributed by atoms with Crippen molar-refractivity contribution >= 4 is 0 Å². The third kappa shape index (κ3) is 3.03. The summed E-state index contributed by atoms with van der Waals surface area (Å²) in [5.41, 5.74) is 0.610. The highest BCUT2D eigenvalue weighted by Gasteiger charge is 2.38. The lowest BCUT2D eigenvalue weighted by atomic mass is 9.87. The molecule has 20 heavy (non-hydrogen) atoms. The molecule has 0 amide bonds. The van der Waals surface area contributed by atoms with E-state index in [4.69, 9.17) is 0 Å². The molecule has 0 spiro atoms. The largest absolute Gasteiger partial charge is 0.303 e. The van der Waals surface area contributed by atoms with Crippen molar-refractivity contribution in [3.63, 3.8) is 0 Å². The monoisotopic (exact) mass is 269 g/mol. The molecular weight excluding hydrogens is 246 g/mol. The predicted octanol–water partition coefficient (Wildman–Crippen LogP) is 2.64. The molecule has 3 heteroatoms. The van der Waals surface area contributed by atoms with Crippen molar-refractivity contribution in [3.8, 4) is 6.07 Å². The maximum absolute atomic E-state index is 9.85. The van der Waals surface area contributed by atoms with Crippen LogP contribution in [0.15, 0.2) is 30.3 Å². The van der Waals surface area contributed by atoms with Gasteiger partial charge in [-0.25, -0.2) is 0 Å². The first kappa shape index (κ1) is 13.6. The molecule has 1 saturated heterocycles. The SMILES string of the molecule is N#CC(CCN1CCCC1)(NC1CC1)c1ccccc1. The van der Waals surface area contributed by atoms with Gasteiger partial charge in [0.1, 0.15) is 5.54 Å². The lowest BCUT2D eigenvalue weighted by Gasteiger charge is -2.30. The molecule has 1 aliphatic heterocycles. The van der Waals surface area contributed by atoms with Crippen molar-refractivity contribution < 1.29 is 0 Å². The van der Waals surface area contributed by atoms with Crippen LogP contribution in [0.25, 0.3) is 0 Å². The highest BCUT2D eigenvalue weighted by molar-refractivity contribution is 5.32. The Morgan fingerprint density at radius 3 is 2.50 bits per heavy atom. The van der Waals surface area contributed by atoms with Gasteiger partial charge in [-0.2, -0.15) is 5.26 Å². The Labute approximate surface area is 121 Å². The Morgan fingerprint density at radius 2 is 1.90 bits per heavy atom. The number of nitriles is 1. The van der Waals surface area contributed by atoms with Gasteiger partial charge in [0.05, 0.1) is 6.07 Å². The van der Waals surface area contributed by atoms with Crippen LogP contribution in [0.2, 0.25) is 0 Å². The predicted molar refractivity (Wildman–Crippen MR) is 80.2 cm³/mol. The third-order valence-electron chi connectivity index (χ3n) is 4.49. The van der Waals surface area contributed by atoms with E-state index in [1.807, 2.05) is 18.2 Å². The molecule has 0 bridgehead atoms. The van der Waals surface area contributed by atoms with Gasteiger partial charge in [0.25, 0.3) is 0 Å². The van der Waals surface area contributed by atoms with Crippen LogP contribution in [0.1, 0.15) is 37.7 Å². The van der Waals surface area contributed by atoms with Gasteiger partial charge in [0.15, 0.2) is 0 Å². The first-order chi connectivity index (χ1) is 9.82. The minimum absolute atomic E-state index is 0.509. The zero-order valence-corrected chi connectivity index (χ0v) is 12.0. The van der Waals surface area contributed by atoms with E-state index in [9.17, 15) is 5.26 Å². The summed E-state index contributed by atoms with van der Waals surface area (Å²) in [4.78, 5) is 2.49. The zero-order chi connectivity index (χ0) is 13.8. The van der Waals surface area contributed by atoms with Crippen LogP contribution in [0.5, 0.6) is 0 Å².